The molecule has 2 aromatic rings. The number of methoxy groups -OCH3 is 2. The van der Waals surface area contributed by atoms with Crippen LogP contribution in [-0.4, -0.2) is 60.9 Å². The van der Waals surface area contributed by atoms with Crippen molar-refractivity contribution in [3.63, 3.8) is 0 Å². The molecule has 34 heavy (non-hydrogen) atoms. The highest BCUT2D eigenvalue weighted by Crippen LogP contribution is 2.40. The molecule has 1 N–H and O–H groups in total. The highest BCUT2D eigenvalue weighted by atomic mass is 35.5. The van der Waals surface area contributed by atoms with Crippen molar-refractivity contribution in [2.24, 2.45) is 5.10 Å². The predicted octanol–water partition coefficient (Wildman–Crippen LogP) is 4.47. The molecule has 1 aliphatic heterocycles. The fraction of sp³-hybridized carbons (Fsp3) is 0.400. The third-order valence-electron chi connectivity index (χ3n) is 5.35. The molecule has 0 radical (unpaired) electrons. The lowest BCUT2D eigenvalue weighted by molar-refractivity contribution is -0.133. The number of hydrogen-bond donors (Lipinski definition) is 1. The molecular weight excluding hydrogens is 456 g/mol. The number of benzene rings is 2. The number of rotatable bonds is 6. The molecule has 182 valence electrons. The van der Waals surface area contributed by atoms with E-state index in [4.69, 9.17) is 21.1 Å². The van der Waals surface area contributed by atoms with Gasteiger partial charge in [-0.3, -0.25) is 4.79 Å². The normalized spacial score (nSPS) is 15.6. The van der Waals surface area contributed by atoms with Crippen molar-refractivity contribution in [2.45, 2.75) is 38.8 Å². The molecule has 3 amide bonds. The van der Waals surface area contributed by atoms with Crippen molar-refractivity contribution >= 4 is 29.3 Å². The van der Waals surface area contributed by atoms with Crippen molar-refractivity contribution < 1.29 is 19.1 Å². The summed E-state index contributed by atoms with van der Waals surface area (Å²) in [6.07, 6.45) is 0.427. The summed E-state index contributed by atoms with van der Waals surface area (Å²) in [5, 5.41) is 9.48. The Labute approximate surface area is 205 Å². The van der Waals surface area contributed by atoms with E-state index in [0.29, 0.717) is 28.7 Å². The van der Waals surface area contributed by atoms with E-state index in [0.717, 1.165) is 11.1 Å². The van der Waals surface area contributed by atoms with Gasteiger partial charge in [0.05, 0.1) is 26.0 Å². The minimum atomic E-state index is -0.456. The van der Waals surface area contributed by atoms with Gasteiger partial charge >= 0.3 is 6.03 Å². The molecule has 0 saturated carbocycles. The van der Waals surface area contributed by atoms with Crippen molar-refractivity contribution in [1.82, 2.24) is 15.2 Å². The van der Waals surface area contributed by atoms with E-state index >= 15 is 0 Å². The molecule has 0 fully saturated rings. The lowest BCUT2D eigenvalue weighted by Crippen LogP contribution is -2.49. The second-order valence-corrected chi connectivity index (χ2v) is 9.54. The van der Waals surface area contributed by atoms with Gasteiger partial charge in [0.2, 0.25) is 0 Å². The van der Waals surface area contributed by atoms with Gasteiger partial charge < -0.3 is 19.7 Å². The van der Waals surface area contributed by atoms with Gasteiger partial charge in [-0.2, -0.15) is 5.10 Å². The number of hydrogen-bond acceptors (Lipinski definition) is 5. The zero-order chi connectivity index (χ0) is 25.0. The van der Waals surface area contributed by atoms with Crippen LogP contribution in [0, 0.1) is 0 Å². The molecule has 9 heteroatoms. The molecule has 0 spiro atoms. The van der Waals surface area contributed by atoms with Crippen LogP contribution < -0.4 is 14.8 Å². The van der Waals surface area contributed by atoms with Gasteiger partial charge in [-0.15, -0.1) is 0 Å². The summed E-state index contributed by atoms with van der Waals surface area (Å²) in [7, 11) is 4.74. The van der Waals surface area contributed by atoms with Crippen LogP contribution in [0.25, 0.3) is 0 Å². The second kappa shape index (κ2) is 10.3. The van der Waals surface area contributed by atoms with E-state index in [1.165, 1.54) is 9.91 Å². The molecular formula is C25H31ClN4O4. The Morgan fingerprint density at radius 3 is 2.50 bits per heavy atom. The Morgan fingerprint density at radius 2 is 1.88 bits per heavy atom. The highest BCUT2D eigenvalue weighted by molar-refractivity contribution is 6.34. The summed E-state index contributed by atoms with van der Waals surface area (Å²) in [4.78, 5) is 27.3. The van der Waals surface area contributed by atoms with Crippen molar-refractivity contribution in [1.29, 1.82) is 0 Å². The number of halogens is 1. The maximum Gasteiger partial charge on any atom is 0.318 e. The van der Waals surface area contributed by atoms with E-state index in [9.17, 15) is 9.59 Å². The number of amides is 3. The van der Waals surface area contributed by atoms with Crippen LogP contribution in [0.3, 0.4) is 0 Å². The maximum atomic E-state index is 13.4. The Bertz CT molecular complexity index is 1100. The highest BCUT2D eigenvalue weighted by Gasteiger charge is 2.36. The molecule has 0 aliphatic carbocycles. The third-order valence-corrected chi connectivity index (χ3v) is 5.68. The summed E-state index contributed by atoms with van der Waals surface area (Å²) in [5.74, 6) is 0.914. The Hall–Kier alpha value is -3.26. The molecule has 3 rings (SSSR count). The number of nitrogens with one attached hydrogen (secondary N) is 1. The van der Waals surface area contributed by atoms with Crippen molar-refractivity contribution in [3.05, 3.63) is 58.6 Å². The van der Waals surface area contributed by atoms with Gasteiger partial charge in [-0.1, -0.05) is 29.8 Å². The molecule has 0 saturated heterocycles. The first kappa shape index (κ1) is 25.4. The van der Waals surface area contributed by atoms with Crippen LogP contribution in [-0.2, 0) is 4.79 Å². The van der Waals surface area contributed by atoms with E-state index in [1.54, 1.807) is 39.5 Å². The van der Waals surface area contributed by atoms with Crippen molar-refractivity contribution in [2.75, 3.05) is 27.8 Å². The topological polar surface area (TPSA) is 83.5 Å². The Balaban J connectivity index is 1.96. The molecule has 1 atom stereocenters. The van der Waals surface area contributed by atoms with E-state index in [-0.39, 0.29) is 18.5 Å². The zero-order valence-corrected chi connectivity index (χ0v) is 21.1. The quantitative estimate of drug-likeness (QED) is 0.652. The lowest BCUT2D eigenvalue weighted by atomic mass is 9.97. The van der Waals surface area contributed by atoms with E-state index < -0.39 is 11.6 Å². The summed E-state index contributed by atoms with van der Waals surface area (Å²) in [6, 6.07) is 12.0. The maximum absolute atomic E-state index is 13.4. The number of ether oxygens (including phenoxy) is 2. The first-order chi connectivity index (χ1) is 16.0. The summed E-state index contributed by atoms with van der Waals surface area (Å²) in [5.41, 5.74) is 1.76. The van der Waals surface area contributed by atoms with Gasteiger partial charge in [0.1, 0.15) is 18.0 Å². The molecule has 8 nitrogen and oxygen atoms in total. The Kier molecular flexibility index (Phi) is 7.71. The van der Waals surface area contributed by atoms with Gasteiger partial charge in [-0.25, -0.2) is 9.80 Å². The van der Waals surface area contributed by atoms with Crippen LogP contribution >= 0.6 is 11.6 Å². The average molecular weight is 487 g/mol. The van der Waals surface area contributed by atoms with E-state index in [2.05, 4.69) is 10.4 Å². The largest absolute Gasteiger partial charge is 0.497 e. The number of hydrazone groups is 1. The Morgan fingerprint density at radius 1 is 1.18 bits per heavy atom. The SMILES string of the molecule is COc1ccc(OC)c([C@H]2CC(c3ccccc3Cl)=NN2C(=O)CN(C)C(=O)NC(C)(C)C)c1. The molecule has 1 heterocycles. The van der Waals surface area contributed by atoms with Gasteiger partial charge in [0.25, 0.3) is 5.91 Å². The summed E-state index contributed by atoms with van der Waals surface area (Å²) in [6.45, 7) is 5.49. The van der Waals surface area contributed by atoms with Crippen LogP contribution in [0.2, 0.25) is 5.02 Å². The van der Waals surface area contributed by atoms with Gasteiger partial charge in [-0.05, 0) is 45.0 Å². The molecule has 0 unspecified atom stereocenters. The standard InChI is InChI=1S/C25H31ClN4O4/c1-25(2,3)27-24(32)29(4)15-23(31)30-21(18-13-16(33-5)11-12-22(18)34-6)14-20(28-30)17-9-7-8-10-19(17)26/h7-13,21H,14-15H2,1-6H3,(H,27,32)/t21-/m1/s1. The van der Waals surface area contributed by atoms with Gasteiger partial charge in [0, 0.05) is 35.2 Å². The number of carbonyl (C=O) groups is 2. The third kappa shape index (κ3) is 5.80. The molecule has 0 aromatic heterocycles. The number of urea groups is 1. The number of carbonyl (C=O) groups excluding carboxylic acids is 2. The monoisotopic (exact) mass is 486 g/mol. The van der Waals surface area contributed by atoms with Crippen LogP contribution in [0.4, 0.5) is 4.79 Å². The average Bonchev–Trinajstić information content (AvgIpc) is 3.23. The number of nitrogens with zero attached hydrogens (tertiary/aromatic N) is 3. The van der Waals surface area contributed by atoms with E-state index in [1.807, 2.05) is 45.0 Å². The molecule has 1 aliphatic rings. The van der Waals surface area contributed by atoms with Gasteiger partial charge in [0.15, 0.2) is 0 Å². The van der Waals surface area contributed by atoms with Crippen LogP contribution in [0.5, 0.6) is 11.5 Å². The molecule has 2 aromatic carbocycles. The fourth-order valence-corrected chi connectivity index (χ4v) is 3.95. The second-order valence-electron chi connectivity index (χ2n) is 9.13. The minimum Gasteiger partial charge on any atom is -0.497 e. The molecule has 0 bridgehead atoms. The number of likely N-dealkylation sites (N-methyl/N-ethyl adjacent to an activating group) is 1. The van der Waals surface area contributed by atoms with Crippen LogP contribution in [0.1, 0.15) is 44.4 Å². The lowest BCUT2D eigenvalue weighted by Gasteiger charge is -2.28. The van der Waals surface area contributed by atoms with Crippen molar-refractivity contribution in [3.8, 4) is 11.5 Å². The summed E-state index contributed by atoms with van der Waals surface area (Å²) >= 11 is 6.43. The predicted molar refractivity (Wildman–Crippen MR) is 133 cm³/mol. The van der Waals surface area contributed by atoms with Crippen LogP contribution in [0.15, 0.2) is 47.6 Å². The first-order valence-corrected chi connectivity index (χ1v) is 11.3. The smallest absolute Gasteiger partial charge is 0.318 e. The zero-order valence-electron chi connectivity index (χ0n) is 20.4. The summed E-state index contributed by atoms with van der Waals surface area (Å²) < 4.78 is 11.0. The fourth-order valence-electron chi connectivity index (χ4n) is 3.70. The first-order valence-electron chi connectivity index (χ1n) is 10.9. The minimum absolute atomic E-state index is 0.149.